The Hall–Kier alpha value is -1.39. The van der Waals surface area contributed by atoms with E-state index < -0.39 is 12.1 Å². The van der Waals surface area contributed by atoms with Crippen LogP contribution in [0.25, 0.3) is 0 Å². The van der Waals surface area contributed by atoms with Crippen LogP contribution in [0.3, 0.4) is 0 Å². The van der Waals surface area contributed by atoms with Crippen molar-refractivity contribution in [1.82, 2.24) is 0 Å². The summed E-state index contributed by atoms with van der Waals surface area (Å²) in [4.78, 5) is 11.0. The second-order valence-electron chi connectivity index (χ2n) is 3.63. The summed E-state index contributed by atoms with van der Waals surface area (Å²) in [5.74, 6) is -0.991. The molecule has 2 unspecified atom stereocenters. The van der Waals surface area contributed by atoms with Crippen LogP contribution in [0.1, 0.15) is 25.0 Å². The molecule has 0 aliphatic rings. The lowest BCUT2D eigenvalue weighted by atomic mass is 10.1. The molecule has 0 saturated carbocycles. The molecule has 0 bridgehead atoms. The predicted octanol–water partition coefficient (Wildman–Crippen LogP) is 1.57. The summed E-state index contributed by atoms with van der Waals surface area (Å²) in [5.41, 5.74) is 6.32. The van der Waals surface area contributed by atoms with Crippen LogP contribution in [0.2, 0.25) is 0 Å². The van der Waals surface area contributed by atoms with Crippen molar-refractivity contribution in [3.8, 4) is 0 Å². The number of hydrogen-bond donors (Lipinski definition) is 2. The van der Waals surface area contributed by atoms with Gasteiger partial charge >= 0.3 is 5.97 Å². The minimum absolute atomic E-state index is 0.120. The Morgan fingerprint density at radius 3 is 2.56 bits per heavy atom. The van der Waals surface area contributed by atoms with E-state index in [-0.39, 0.29) is 12.6 Å². The number of ether oxygens (including phenoxy) is 1. The first kappa shape index (κ1) is 12.7. The second-order valence-corrected chi connectivity index (χ2v) is 3.63. The number of aliphatic carboxylic acids is 1. The molecule has 1 aromatic rings. The van der Waals surface area contributed by atoms with Gasteiger partial charge in [0.05, 0.1) is 6.61 Å². The molecule has 0 aromatic heterocycles. The van der Waals surface area contributed by atoms with Gasteiger partial charge in [0, 0.05) is 6.04 Å². The summed E-state index contributed by atoms with van der Waals surface area (Å²) in [7, 11) is 0. The number of benzene rings is 1. The lowest BCUT2D eigenvalue weighted by Gasteiger charge is -2.16. The zero-order valence-electron chi connectivity index (χ0n) is 9.30. The SMILES string of the molecule is CCC(N)COC(C(=O)O)c1ccccc1. The second kappa shape index (κ2) is 6.25. The molecule has 4 heteroatoms. The first-order valence-electron chi connectivity index (χ1n) is 5.30. The number of carboxylic acids is 1. The normalized spacial score (nSPS) is 14.4. The third-order valence-corrected chi connectivity index (χ3v) is 2.33. The van der Waals surface area contributed by atoms with E-state index in [1.54, 1.807) is 24.3 Å². The van der Waals surface area contributed by atoms with Gasteiger partial charge in [0.2, 0.25) is 0 Å². The van der Waals surface area contributed by atoms with Crippen LogP contribution in [-0.2, 0) is 9.53 Å². The topological polar surface area (TPSA) is 72.5 Å². The number of carboxylic acid groups (broad SMARTS) is 1. The Balaban J connectivity index is 2.66. The van der Waals surface area contributed by atoms with Crippen molar-refractivity contribution in [3.05, 3.63) is 35.9 Å². The van der Waals surface area contributed by atoms with Crippen LogP contribution in [0.4, 0.5) is 0 Å². The number of rotatable bonds is 6. The molecule has 0 aliphatic carbocycles. The highest BCUT2D eigenvalue weighted by Crippen LogP contribution is 2.17. The van der Waals surface area contributed by atoms with Crippen molar-refractivity contribution in [2.45, 2.75) is 25.5 Å². The number of carbonyl (C=O) groups is 1. The molecule has 1 rings (SSSR count). The van der Waals surface area contributed by atoms with Gasteiger partial charge in [-0.1, -0.05) is 37.3 Å². The molecule has 2 atom stereocenters. The maximum Gasteiger partial charge on any atom is 0.337 e. The Morgan fingerprint density at radius 2 is 2.06 bits per heavy atom. The zero-order chi connectivity index (χ0) is 12.0. The Kier molecular flexibility index (Phi) is 4.95. The molecule has 0 heterocycles. The molecule has 4 nitrogen and oxygen atoms in total. The van der Waals surface area contributed by atoms with E-state index in [0.29, 0.717) is 5.56 Å². The van der Waals surface area contributed by atoms with Gasteiger partial charge in [-0.05, 0) is 12.0 Å². The molecule has 0 saturated heterocycles. The highest BCUT2D eigenvalue weighted by atomic mass is 16.5. The van der Waals surface area contributed by atoms with Crippen LogP contribution in [-0.4, -0.2) is 23.7 Å². The summed E-state index contributed by atoms with van der Waals surface area (Å²) in [6.45, 7) is 2.19. The quantitative estimate of drug-likeness (QED) is 0.767. The van der Waals surface area contributed by atoms with E-state index in [0.717, 1.165) is 6.42 Å². The average Bonchev–Trinajstić information content (AvgIpc) is 2.30. The largest absolute Gasteiger partial charge is 0.479 e. The average molecular weight is 223 g/mol. The summed E-state index contributed by atoms with van der Waals surface area (Å²) < 4.78 is 5.32. The van der Waals surface area contributed by atoms with Crippen molar-refractivity contribution in [2.75, 3.05) is 6.61 Å². The van der Waals surface area contributed by atoms with Crippen LogP contribution < -0.4 is 5.73 Å². The van der Waals surface area contributed by atoms with Crippen LogP contribution >= 0.6 is 0 Å². The van der Waals surface area contributed by atoms with Gasteiger partial charge in [0.15, 0.2) is 6.10 Å². The fourth-order valence-corrected chi connectivity index (χ4v) is 1.28. The third-order valence-electron chi connectivity index (χ3n) is 2.33. The van der Waals surface area contributed by atoms with Crippen LogP contribution in [0.5, 0.6) is 0 Å². The lowest BCUT2D eigenvalue weighted by molar-refractivity contribution is -0.151. The Morgan fingerprint density at radius 1 is 1.44 bits per heavy atom. The molecule has 1 aromatic carbocycles. The van der Waals surface area contributed by atoms with Crippen molar-refractivity contribution in [1.29, 1.82) is 0 Å². The summed E-state index contributed by atoms with van der Waals surface area (Å²) in [6.07, 6.45) is -0.167. The maximum atomic E-state index is 11.0. The minimum Gasteiger partial charge on any atom is -0.479 e. The fraction of sp³-hybridized carbons (Fsp3) is 0.417. The number of nitrogens with two attached hydrogens (primary N) is 1. The molecule has 0 radical (unpaired) electrons. The van der Waals surface area contributed by atoms with E-state index in [1.807, 2.05) is 13.0 Å². The van der Waals surface area contributed by atoms with E-state index in [2.05, 4.69) is 0 Å². The highest BCUT2D eigenvalue weighted by Gasteiger charge is 2.20. The van der Waals surface area contributed by atoms with Crippen molar-refractivity contribution in [2.24, 2.45) is 5.73 Å². The molecule has 0 aliphatic heterocycles. The molecular weight excluding hydrogens is 206 g/mol. The summed E-state index contributed by atoms with van der Waals surface area (Å²) in [6, 6.07) is 8.75. The highest BCUT2D eigenvalue weighted by molar-refractivity contribution is 5.74. The predicted molar refractivity (Wildman–Crippen MR) is 61.0 cm³/mol. The summed E-state index contributed by atoms with van der Waals surface area (Å²) in [5, 5.41) is 9.05. The first-order valence-corrected chi connectivity index (χ1v) is 5.30. The lowest BCUT2D eigenvalue weighted by Crippen LogP contribution is -2.28. The van der Waals surface area contributed by atoms with Gasteiger partial charge in [-0.15, -0.1) is 0 Å². The van der Waals surface area contributed by atoms with Gasteiger partial charge < -0.3 is 15.6 Å². The molecule has 3 N–H and O–H groups in total. The Bertz CT molecular complexity index is 326. The van der Waals surface area contributed by atoms with E-state index in [1.165, 1.54) is 0 Å². The molecule has 0 amide bonds. The minimum atomic E-state index is -0.991. The van der Waals surface area contributed by atoms with Crippen LogP contribution in [0.15, 0.2) is 30.3 Å². The van der Waals surface area contributed by atoms with E-state index >= 15 is 0 Å². The van der Waals surface area contributed by atoms with Gasteiger partial charge in [-0.25, -0.2) is 4.79 Å². The van der Waals surface area contributed by atoms with Crippen LogP contribution in [0, 0.1) is 0 Å². The van der Waals surface area contributed by atoms with Crippen molar-refractivity contribution in [3.63, 3.8) is 0 Å². The van der Waals surface area contributed by atoms with Gasteiger partial charge in [0.25, 0.3) is 0 Å². The summed E-state index contributed by atoms with van der Waals surface area (Å²) >= 11 is 0. The van der Waals surface area contributed by atoms with Crippen molar-refractivity contribution >= 4 is 5.97 Å². The molecule has 0 fully saturated rings. The standard InChI is InChI=1S/C12H17NO3/c1-2-10(13)8-16-11(12(14)15)9-6-4-3-5-7-9/h3-7,10-11H,2,8,13H2,1H3,(H,14,15). The fourth-order valence-electron chi connectivity index (χ4n) is 1.28. The van der Waals surface area contributed by atoms with Gasteiger partial charge in [0.1, 0.15) is 0 Å². The zero-order valence-corrected chi connectivity index (χ0v) is 9.30. The molecular formula is C12H17NO3. The number of hydrogen-bond acceptors (Lipinski definition) is 3. The van der Waals surface area contributed by atoms with Gasteiger partial charge in [-0.2, -0.15) is 0 Å². The molecule has 16 heavy (non-hydrogen) atoms. The maximum absolute atomic E-state index is 11.0. The third kappa shape index (κ3) is 3.64. The smallest absolute Gasteiger partial charge is 0.337 e. The Labute approximate surface area is 95.0 Å². The van der Waals surface area contributed by atoms with E-state index in [9.17, 15) is 4.79 Å². The first-order chi connectivity index (χ1) is 7.65. The molecule has 0 spiro atoms. The van der Waals surface area contributed by atoms with Crippen molar-refractivity contribution < 1.29 is 14.6 Å². The molecule has 88 valence electrons. The van der Waals surface area contributed by atoms with Gasteiger partial charge in [-0.3, -0.25) is 0 Å². The monoisotopic (exact) mass is 223 g/mol. The van der Waals surface area contributed by atoms with E-state index in [4.69, 9.17) is 15.6 Å².